The summed E-state index contributed by atoms with van der Waals surface area (Å²) in [4.78, 5) is 16.7. The number of fused-ring (bicyclic) bond motifs is 1. The predicted octanol–water partition coefficient (Wildman–Crippen LogP) is 3.55. The third-order valence-corrected chi connectivity index (χ3v) is 4.99. The second kappa shape index (κ2) is 9.08. The summed E-state index contributed by atoms with van der Waals surface area (Å²) in [6.07, 6.45) is 1.73. The van der Waals surface area contributed by atoms with E-state index >= 15 is 0 Å². The summed E-state index contributed by atoms with van der Waals surface area (Å²) in [5.41, 5.74) is 2.56. The first kappa shape index (κ1) is 20.2. The molecule has 2 aromatic carbocycles. The largest absolute Gasteiger partial charge is 0.462 e. The first-order valence-electron chi connectivity index (χ1n) is 9.18. The Morgan fingerprint density at radius 2 is 1.79 bits per heavy atom. The molecule has 4 rings (SSSR count). The average Bonchev–Trinajstić information content (AvgIpc) is 3.18. The third-order valence-electron chi connectivity index (χ3n) is 4.99. The fourth-order valence-electron chi connectivity index (χ4n) is 3.47. The Morgan fingerprint density at radius 1 is 1.04 bits per heavy atom. The van der Waals surface area contributed by atoms with E-state index in [1.54, 1.807) is 6.26 Å². The quantitative estimate of drug-likeness (QED) is 0.707. The van der Waals surface area contributed by atoms with E-state index in [2.05, 4.69) is 33.3 Å². The SMILES string of the molecule is Cl.O=C(NCCN1CCN(c2cccc3ccoc23)CC1)c1ccc(F)cc1. The molecule has 1 aromatic heterocycles. The molecule has 0 spiro atoms. The van der Waals surface area contributed by atoms with Crippen LogP contribution in [0.1, 0.15) is 10.4 Å². The van der Waals surface area contributed by atoms with Crippen molar-refractivity contribution < 1.29 is 13.6 Å². The Hall–Kier alpha value is -2.57. The number of nitrogens with one attached hydrogen (secondary N) is 1. The van der Waals surface area contributed by atoms with Gasteiger partial charge in [0.25, 0.3) is 5.91 Å². The molecule has 148 valence electrons. The van der Waals surface area contributed by atoms with Crippen LogP contribution < -0.4 is 10.2 Å². The molecule has 0 unspecified atom stereocenters. The van der Waals surface area contributed by atoms with Crippen LogP contribution in [0.4, 0.5) is 10.1 Å². The molecule has 1 aliphatic heterocycles. The van der Waals surface area contributed by atoms with E-state index < -0.39 is 0 Å². The summed E-state index contributed by atoms with van der Waals surface area (Å²) in [6.45, 7) is 5.08. The van der Waals surface area contributed by atoms with Crippen LogP contribution in [0.5, 0.6) is 0 Å². The van der Waals surface area contributed by atoms with Gasteiger partial charge in [-0.15, -0.1) is 12.4 Å². The van der Waals surface area contributed by atoms with E-state index in [1.807, 2.05) is 6.07 Å². The molecule has 1 fully saturated rings. The van der Waals surface area contributed by atoms with Gasteiger partial charge in [-0.2, -0.15) is 0 Å². The Morgan fingerprint density at radius 3 is 2.54 bits per heavy atom. The first-order valence-corrected chi connectivity index (χ1v) is 9.18. The summed E-state index contributed by atoms with van der Waals surface area (Å²) >= 11 is 0. The zero-order chi connectivity index (χ0) is 18.6. The summed E-state index contributed by atoms with van der Waals surface area (Å²) in [6, 6.07) is 13.8. The van der Waals surface area contributed by atoms with Gasteiger partial charge in [-0.05, 0) is 36.4 Å². The number of piperazine rings is 1. The number of hydrogen-bond donors (Lipinski definition) is 1. The maximum absolute atomic E-state index is 12.9. The predicted molar refractivity (Wildman–Crippen MR) is 111 cm³/mol. The number of halogens is 2. The molecule has 1 N–H and O–H groups in total. The number of benzene rings is 2. The Balaban J connectivity index is 0.00000225. The van der Waals surface area contributed by atoms with E-state index in [4.69, 9.17) is 4.42 Å². The minimum Gasteiger partial charge on any atom is -0.462 e. The molecule has 0 saturated carbocycles. The molecule has 0 atom stereocenters. The van der Waals surface area contributed by atoms with Crippen molar-refractivity contribution in [2.75, 3.05) is 44.2 Å². The fraction of sp³-hybridized carbons (Fsp3) is 0.286. The number of anilines is 1. The molecule has 2 heterocycles. The van der Waals surface area contributed by atoms with E-state index in [0.717, 1.165) is 49.4 Å². The highest BCUT2D eigenvalue weighted by Gasteiger charge is 2.19. The number of carbonyl (C=O) groups excluding carboxylic acids is 1. The zero-order valence-electron chi connectivity index (χ0n) is 15.4. The van der Waals surface area contributed by atoms with Gasteiger partial charge in [-0.1, -0.05) is 12.1 Å². The Labute approximate surface area is 169 Å². The van der Waals surface area contributed by atoms with Crippen molar-refractivity contribution in [1.29, 1.82) is 0 Å². The monoisotopic (exact) mass is 403 g/mol. The summed E-state index contributed by atoms with van der Waals surface area (Å²) in [7, 11) is 0. The van der Waals surface area contributed by atoms with Crippen molar-refractivity contribution in [3.8, 4) is 0 Å². The van der Waals surface area contributed by atoms with Crippen LogP contribution in [0.15, 0.2) is 59.2 Å². The Kier molecular flexibility index (Phi) is 6.54. The number of furan rings is 1. The highest BCUT2D eigenvalue weighted by Crippen LogP contribution is 2.28. The Bertz CT molecular complexity index is 921. The zero-order valence-corrected chi connectivity index (χ0v) is 16.3. The van der Waals surface area contributed by atoms with Crippen LogP contribution in [0.25, 0.3) is 11.0 Å². The maximum atomic E-state index is 12.9. The molecular formula is C21H23ClFN3O2. The van der Waals surface area contributed by atoms with Crippen molar-refractivity contribution >= 4 is 35.0 Å². The smallest absolute Gasteiger partial charge is 0.251 e. The van der Waals surface area contributed by atoms with Crippen molar-refractivity contribution in [3.63, 3.8) is 0 Å². The lowest BCUT2D eigenvalue weighted by Gasteiger charge is -2.36. The number of para-hydroxylation sites is 1. The fourth-order valence-corrected chi connectivity index (χ4v) is 3.47. The highest BCUT2D eigenvalue weighted by molar-refractivity contribution is 5.94. The van der Waals surface area contributed by atoms with E-state index in [0.29, 0.717) is 12.1 Å². The molecule has 0 bridgehead atoms. The van der Waals surface area contributed by atoms with Crippen LogP contribution in [0.3, 0.4) is 0 Å². The van der Waals surface area contributed by atoms with Gasteiger partial charge in [0.1, 0.15) is 5.82 Å². The van der Waals surface area contributed by atoms with Crippen LogP contribution in [0, 0.1) is 5.82 Å². The molecule has 0 aliphatic carbocycles. The molecule has 5 nitrogen and oxygen atoms in total. The topological polar surface area (TPSA) is 48.7 Å². The lowest BCUT2D eigenvalue weighted by Crippen LogP contribution is -2.48. The number of carbonyl (C=O) groups is 1. The van der Waals surface area contributed by atoms with Crippen LogP contribution in [0.2, 0.25) is 0 Å². The lowest BCUT2D eigenvalue weighted by molar-refractivity contribution is 0.0947. The van der Waals surface area contributed by atoms with E-state index in [9.17, 15) is 9.18 Å². The molecule has 1 aliphatic rings. The molecule has 28 heavy (non-hydrogen) atoms. The normalized spacial score (nSPS) is 14.7. The van der Waals surface area contributed by atoms with Crippen molar-refractivity contribution in [3.05, 3.63) is 66.2 Å². The summed E-state index contributed by atoms with van der Waals surface area (Å²) in [5, 5.41) is 4.02. The van der Waals surface area contributed by atoms with Gasteiger partial charge in [-0.25, -0.2) is 4.39 Å². The van der Waals surface area contributed by atoms with Gasteiger partial charge in [0, 0.05) is 50.2 Å². The average molecular weight is 404 g/mol. The maximum Gasteiger partial charge on any atom is 0.251 e. The van der Waals surface area contributed by atoms with Gasteiger partial charge in [-0.3, -0.25) is 9.69 Å². The van der Waals surface area contributed by atoms with Crippen LogP contribution >= 0.6 is 12.4 Å². The number of amides is 1. The second-order valence-electron chi connectivity index (χ2n) is 6.71. The van der Waals surface area contributed by atoms with Gasteiger partial charge in [0.15, 0.2) is 5.58 Å². The van der Waals surface area contributed by atoms with Crippen LogP contribution in [-0.2, 0) is 0 Å². The van der Waals surface area contributed by atoms with E-state index in [1.165, 1.54) is 24.3 Å². The van der Waals surface area contributed by atoms with Gasteiger partial charge < -0.3 is 14.6 Å². The molecule has 3 aromatic rings. The summed E-state index contributed by atoms with van der Waals surface area (Å²) in [5.74, 6) is -0.507. The third kappa shape index (κ3) is 4.46. The van der Waals surface area contributed by atoms with Gasteiger partial charge >= 0.3 is 0 Å². The minimum absolute atomic E-state index is 0. The van der Waals surface area contributed by atoms with Crippen LogP contribution in [-0.4, -0.2) is 50.1 Å². The minimum atomic E-state index is -0.338. The number of hydrogen-bond acceptors (Lipinski definition) is 4. The molecule has 7 heteroatoms. The standard InChI is InChI=1S/C21H22FN3O2.ClH/c22-18-6-4-17(5-7-18)21(26)23-9-10-24-11-13-25(14-12-24)19-3-1-2-16-8-15-27-20(16)19;/h1-8,15H,9-14H2,(H,23,26);1H. The number of rotatable bonds is 5. The molecule has 1 amide bonds. The van der Waals surface area contributed by atoms with Crippen molar-refractivity contribution in [1.82, 2.24) is 10.2 Å². The lowest BCUT2D eigenvalue weighted by atomic mass is 10.2. The first-order chi connectivity index (χ1) is 13.2. The second-order valence-corrected chi connectivity index (χ2v) is 6.71. The molecule has 1 saturated heterocycles. The van der Waals surface area contributed by atoms with Gasteiger partial charge in [0.2, 0.25) is 0 Å². The molecular weight excluding hydrogens is 381 g/mol. The number of nitrogens with zero attached hydrogens (tertiary/aromatic N) is 2. The molecule has 0 radical (unpaired) electrons. The van der Waals surface area contributed by atoms with Gasteiger partial charge in [0.05, 0.1) is 12.0 Å². The van der Waals surface area contributed by atoms with Crippen molar-refractivity contribution in [2.45, 2.75) is 0 Å². The highest BCUT2D eigenvalue weighted by atomic mass is 35.5. The van der Waals surface area contributed by atoms with Crippen molar-refractivity contribution in [2.24, 2.45) is 0 Å². The van der Waals surface area contributed by atoms with E-state index in [-0.39, 0.29) is 24.1 Å². The summed E-state index contributed by atoms with van der Waals surface area (Å²) < 4.78 is 18.6.